The largest absolute Gasteiger partial charge is 0.337 e. The molecule has 4 rings (SSSR count). The van der Waals surface area contributed by atoms with Gasteiger partial charge in [-0.2, -0.15) is 0 Å². The third-order valence-electron chi connectivity index (χ3n) is 5.07. The molecule has 120 valence electrons. The van der Waals surface area contributed by atoms with Crippen LogP contribution in [0.15, 0.2) is 29.1 Å². The number of fused-ring (bicyclic) bond motifs is 2. The summed E-state index contributed by atoms with van der Waals surface area (Å²) in [6, 6.07) is 7.76. The predicted octanol–water partition coefficient (Wildman–Crippen LogP) is 0.525. The number of para-hydroxylation sites is 2. The fourth-order valence-electron chi connectivity index (χ4n) is 3.86. The van der Waals surface area contributed by atoms with Gasteiger partial charge in [-0.25, -0.2) is 4.98 Å². The van der Waals surface area contributed by atoms with Crippen LogP contribution in [0.5, 0.6) is 0 Å². The summed E-state index contributed by atoms with van der Waals surface area (Å²) in [5.74, 6) is 0.589. The van der Waals surface area contributed by atoms with Crippen LogP contribution in [-0.2, 0) is 11.3 Å². The summed E-state index contributed by atoms with van der Waals surface area (Å²) < 4.78 is 1.57. The van der Waals surface area contributed by atoms with Gasteiger partial charge in [0.1, 0.15) is 12.2 Å². The lowest BCUT2D eigenvalue weighted by Gasteiger charge is -2.24. The highest BCUT2D eigenvalue weighted by Crippen LogP contribution is 2.27. The molecule has 0 unspecified atom stereocenters. The van der Waals surface area contributed by atoms with Crippen molar-refractivity contribution in [3.63, 3.8) is 0 Å². The Hall–Kier alpha value is -2.21. The predicted molar refractivity (Wildman–Crippen MR) is 87.2 cm³/mol. The maximum Gasteiger partial charge on any atom is 0.272 e. The van der Waals surface area contributed by atoms with Gasteiger partial charge in [-0.1, -0.05) is 12.1 Å². The van der Waals surface area contributed by atoms with Gasteiger partial charge in [-0.05, 0) is 31.4 Å². The van der Waals surface area contributed by atoms with Crippen LogP contribution in [0, 0.1) is 12.8 Å². The second-order valence-electron chi connectivity index (χ2n) is 6.44. The molecular formula is C17H20N4O2. The van der Waals surface area contributed by atoms with E-state index in [1.54, 1.807) is 11.5 Å². The smallest absolute Gasteiger partial charge is 0.272 e. The van der Waals surface area contributed by atoms with E-state index in [1.165, 1.54) is 0 Å². The van der Waals surface area contributed by atoms with Crippen LogP contribution < -0.4 is 10.9 Å². The minimum absolute atomic E-state index is 0.0269. The van der Waals surface area contributed by atoms with Gasteiger partial charge in [-0.3, -0.25) is 14.2 Å². The topological polar surface area (TPSA) is 67.2 Å². The first-order chi connectivity index (χ1) is 11.1. The molecular weight excluding hydrogens is 292 g/mol. The monoisotopic (exact) mass is 312 g/mol. The zero-order chi connectivity index (χ0) is 16.0. The molecule has 2 aliphatic heterocycles. The quantitative estimate of drug-likeness (QED) is 0.878. The number of carbonyl (C=O) groups is 1. The van der Waals surface area contributed by atoms with E-state index in [0.717, 1.165) is 37.1 Å². The Morgan fingerprint density at radius 1 is 1.35 bits per heavy atom. The van der Waals surface area contributed by atoms with E-state index in [0.29, 0.717) is 11.6 Å². The Morgan fingerprint density at radius 2 is 2.17 bits per heavy atom. The van der Waals surface area contributed by atoms with Gasteiger partial charge >= 0.3 is 0 Å². The second-order valence-corrected chi connectivity index (χ2v) is 6.44. The minimum atomic E-state index is -0.183. The molecule has 0 bridgehead atoms. The number of nitrogens with one attached hydrogen (secondary N) is 1. The molecule has 0 saturated carbocycles. The zero-order valence-corrected chi connectivity index (χ0v) is 13.2. The van der Waals surface area contributed by atoms with Crippen molar-refractivity contribution in [2.24, 2.45) is 5.92 Å². The Balaban J connectivity index is 1.69. The number of rotatable bonds is 2. The first-order valence-corrected chi connectivity index (χ1v) is 8.11. The average Bonchev–Trinajstić information content (AvgIpc) is 3.14. The summed E-state index contributed by atoms with van der Waals surface area (Å²) in [6.07, 6.45) is 1.05. The number of hydrogen-bond acceptors (Lipinski definition) is 4. The highest BCUT2D eigenvalue weighted by atomic mass is 16.2. The van der Waals surface area contributed by atoms with Crippen LogP contribution in [0.4, 0.5) is 0 Å². The van der Waals surface area contributed by atoms with Crippen molar-refractivity contribution in [1.29, 1.82) is 0 Å². The van der Waals surface area contributed by atoms with Crippen LogP contribution >= 0.6 is 0 Å². The summed E-state index contributed by atoms with van der Waals surface area (Å²) in [5, 5.41) is 3.35. The molecule has 0 aliphatic carbocycles. The number of carbonyl (C=O) groups excluding carboxylic acids is 1. The molecule has 1 aromatic heterocycles. The van der Waals surface area contributed by atoms with Crippen LogP contribution in [-0.4, -0.2) is 46.0 Å². The summed E-state index contributed by atoms with van der Waals surface area (Å²) >= 11 is 0. The molecule has 1 amide bonds. The van der Waals surface area contributed by atoms with E-state index < -0.39 is 0 Å². The first-order valence-electron chi connectivity index (χ1n) is 8.11. The number of likely N-dealkylation sites (tertiary alicyclic amines) is 1. The number of nitrogens with zero attached hydrogens (tertiary/aromatic N) is 3. The number of aryl methyl sites for hydroxylation is 1. The first kappa shape index (κ1) is 14.4. The van der Waals surface area contributed by atoms with Gasteiger partial charge in [-0.15, -0.1) is 0 Å². The lowest BCUT2D eigenvalue weighted by atomic mass is 10.1. The third kappa shape index (κ3) is 2.34. The van der Waals surface area contributed by atoms with Crippen LogP contribution in [0.1, 0.15) is 12.1 Å². The van der Waals surface area contributed by atoms with Crippen LogP contribution in [0.3, 0.4) is 0 Å². The molecule has 23 heavy (non-hydrogen) atoms. The summed E-state index contributed by atoms with van der Waals surface area (Å²) in [4.78, 5) is 31.5. The van der Waals surface area contributed by atoms with Crippen molar-refractivity contribution in [3.8, 4) is 0 Å². The molecule has 1 aromatic carbocycles. The van der Waals surface area contributed by atoms with Crippen molar-refractivity contribution in [1.82, 2.24) is 19.8 Å². The summed E-state index contributed by atoms with van der Waals surface area (Å²) in [5.41, 5.74) is 1.71. The normalized spacial score (nSPS) is 23.4. The van der Waals surface area contributed by atoms with E-state index in [-0.39, 0.29) is 24.1 Å². The molecule has 2 aromatic rings. The zero-order valence-electron chi connectivity index (χ0n) is 13.2. The van der Waals surface area contributed by atoms with Crippen molar-refractivity contribution < 1.29 is 4.79 Å². The molecule has 6 heteroatoms. The molecule has 0 radical (unpaired) electrons. The third-order valence-corrected chi connectivity index (χ3v) is 5.07. The van der Waals surface area contributed by atoms with E-state index >= 15 is 0 Å². The van der Waals surface area contributed by atoms with E-state index in [9.17, 15) is 9.59 Å². The van der Waals surface area contributed by atoms with Gasteiger partial charge in [0.2, 0.25) is 5.91 Å². The lowest BCUT2D eigenvalue weighted by Crippen LogP contribution is -2.42. The SMILES string of the molecule is Cc1nc2ccccc2n(CC(=O)N2CC[C@@H]3CNC[C@@H]32)c1=O. The Labute approximate surface area is 134 Å². The second kappa shape index (κ2) is 5.45. The van der Waals surface area contributed by atoms with E-state index in [4.69, 9.17) is 0 Å². The van der Waals surface area contributed by atoms with Gasteiger partial charge in [0.15, 0.2) is 0 Å². The number of amides is 1. The molecule has 2 aliphatic rings. The maximum atomic E-state index is 12.8. The fourth-order valence-corrected chi connectivity index (χ4v) is 3.86. The van der Waals surface area contributed by atoms with Crippen molar-refractivity contribution in [2.45, 2.75) is 25.9 Å². The van der Waals surface area contributed by atoms with E-state index in [2.05, 4.69) is 10.3 Å². The molecule has 2 atom stereocenters. The van der Waals surface area contributed by atoms with Crippen LogP contribution in [0.2, 0.25) is 0 Å². The Kier molecular flexibility index (Phi) is 3.41. The molecule has 1 N–H and O–H groups in total. The highest BCUT2D eigenvalue weighted by Gasteiger charge is 2.39. The lowest BCUT2D eigenvalue weighted by molar-refractivity contribution is -0.132. The number of aromatic nitrogens is 2. The molecule has 2 saturated heterocycles. The van der Waals surface area contributed by atoms with E-state index in [1.807, 2.05) is 29.2 Å². The van der Waals surface area contributed by atoms with Gasteiger partial charge < -0.3 is 10.2 Å². The summed E-state index contributed by atoms with van der Waals surface area (Å²) in [7, 11) is 0. The molecule has 2 fully saturated rings. The highest BCUT2D eigenvalue weighted by molar-refractivity contribution is 5.80. The van der Waals surface area contributed by atoms with Gasteiger partial charge in [0, 0.05) is 25.7 Å². The molecule has 0 spiro atoms. The Morgan fingerprint density at radius 3 is 3.04 bits per heavy atom. The maximum absolute atomic E-state index is 12.8. The summed E-state index contributed by atoms with van der Waals surface area (Å²) in [6.45, 7) is 4.44. The van der Waals surface area contributed by atoms with Crippen LogP contribution in [0.25, 0.3) is 11.0 Å². The fraction of sp³-hybridized carbons (Fsp3) is 0.471. The average molecular weight is 312 g/mol. The van der Waals surface area contributed by atoms with Crippen molar-refractivity contribution in [2.75, 3.05) is 19.6 Å². The van der Waals surface area contributed by atoms with Gasteiger partial charge in [0.25, 0.3) is 5.56 Å². The van der Waals surface area contributed by atoms with Crippen molar-refractivity contribution >= 4 is 16.9 Å². The number of benzene rings is 1. The standard InChI is InChI=1S/C17H20N4O2/c1-11-17(23)21(14-5-3-2-4-13(14)19-11)10-16(22)20-7-6-12-8-18-9-15(12)20/h2-5,12,15,18H,6-10H2,1H3/t12-,15+/m1/s1. The minimum Gasteiger partial charge on any atom is -0.337 e. The number of hydrogen-bond donors (Lipinski definition) is 1. The molecule has 3 heterocycles. The Bertz CT molecular complexity index is 829. The van der Waals surface area contributed by atoms with Gasteiger partial charge in [0.05, 0.1) is 11.0 Å². The molecule has 6 nitrogen and oxygen atoms in total. The van der Waals surface area contributed by atoms with Crippen molar-refractivity contribution in [3.05, 3.63) is 40.3 Å².